The number of halogens is 2. The summed E-state index contributed by atoms with van der Waals surface area (Å²) in [6.07, 6.45) is 0. The molecule has 0 aliphatic heterocycles. The molecule has 0 atom stereocenters. The van der Waals surface area contributed by atoms with Crippen LogP contribution in [0.1, 0.15) is 0 Å². The van der Waals surface area contributed by atoms with Crippen LogP contribution in [0.5, 0.6) is 0 Å². The molecule has 1 aromatic carbocycles. The number of anilines is 1. The van der Waals surface area contributed by atoms with Gasteiger partial charge in [0.15, 0.2) is 0 Å². The number of carboxylic acids is 1. The summed E-state index contributed by atoms with van der Waals surface area (Å²) in [5.41, 5.74) is 6.08. The molecule has 1 rings (SSSR count). The Morgan fingerprint density at radius 2 is 2.08 bits per heavy atom. The average molecular weight is 222 g/mol. The van der Waals surface area contributed by atoms with Crippen LogP contribution in [0.25, 0.3) is 0 Å². The quantitative estimate of drug-likeness (QED) is 0.565. The number of aliphatic carboxylic acids is 1. The van der Waals surface area contributed by atoms with E-state index < -0.39 is 5.97 Å². The maximum Gasteiger partial charge on any atom is 0.318 e. The monoisotopic (exact) mass is 221 g/mol. The number of hydrogen-bond acceptors (Lipinski definition) is 2. The Hall–Kier alpha value is -0.930. The first-order chi connectivity index (χ1) is 6.06. The zero-order chi connectivity index (χ0) is 10.3. The molecule has 72 valence electrons. The van der Waals surface area contributed by atoms with Gasteiger partial charge in [-0.05, 0) is 18.2 Å². The first-order valence-electron chi connectivity index (χ1n) is 3.35. The minimum Gasteiger partial charge on any atom is -0.480 e. The van der Waals surface area contributed by atoms with Gasteiger partial charge in [0.2, 0.25) is 0 Å². The lowest BCUT2D eigenvalue weighted by molar-refractivity contribution is -0.134. The molecule has 0 unspecified atom stereocenters. The Morgan fingerprint density at radius 1 is 1.54 bits per heavy atom. The molecule has 1 aromatic rings. The Balaban J connectivity index is 0.000000252. The topological polar surface area (TPSA) is 63.3 Å². The molecule has 0 spiro atoms. The van der Waals surface area contributed by atoms with Crippen molar-refractivity contribution in [1.29, 1.82) is 0 Å². The zero-order valence-corrected chi connectivity index (χ0v) is 8.22. The smallest absolute Gasteiger partial charge is 0.318 e. The number of hydrogen-bond donors (Lipinski definition) is 2. The third kappa shape index (κ3) is 7.43. The summed E-state index contributed by atoms with van der Waals surface area (Å²) in [5.74, 6) is -1.29. The number of carboxylic acid groups (broad SMARTS) is 1. The summed E-state index contributed by atoms with van der Waals surface area (Å²) in [6, 6.07) is 7.11. The minimum absolute atomic E-state index is 0.306. The fourth-order valence-corrected chi connectivity index (χ4v) is 0.705. The van der Waals surface area contributed by atoms with Gasteiger partial charge in [0.25, 0.3) is 0 Å². The molecule has 0 aliphatic carbocycles. The molecule has 0 fully saturated rings. The number of nitrogen functional groups attached to an aromatic ring is 1. The number of rotatable bonds is 1. The van der Waals surface area contributed by atoms with Crippen molar-refractivity contribution in [3.8, 4) is 0 Å². The summed E-state index contributed by atoms with van der Waals surface area (Å²) >= 11 is 10.3. The molecule has 0 radical (unpaired) electrons. The van der Waals surface area contributed by atoms with Crippen LogP contribution >= 0.6 is 23.2 Å². The molecule has 5 heteroatoms. The lowest BCUT2D eigenvalue weighted by Gasteiger charge is -1.89. The van der Waals surface area contributed by atoms with E-state index >= 15 is 0 Å². The van der Waals surface area contributed by atoms with E-state index in [1.807, 2.05) is 6.07 Å². The van der Waals surface area contributed by atoms with Gasteiger partial charge in [-0.25, -0.2) is 0 Å². The molecule has 0 aromatic heterocycles. The summed E-state index contributed by atoms with van der Waals surface area (Å²) in [4.78, 5) is 9.24. The van der Waals surface area contributed by atoms with E-state index in [0.717, 1.165) is 0 Å². The van der Waals surface area contributed by atoms with Crippen molar-refractivity contribution in [2.24, 2.45) is 0 Å². The normalized spacial score (nSPS) is 8.46. The highest BCUT2D eigenvalue weighted by Crippen LogP contribution is 2.10. The van der Waals surface area contributed by atoms with Crippen LogP contribution in [0, 0.1) is 0 Å². The van der Waals surface area contributed by atoms with Gasteiger partial charge < -0.3 is 10.8 Å². The van der Waals surface area contributed by atoms with Gasteiger partial charge in [-0.3, -0.25) is 4.79 Å². The van der Waals surface area contributed by atoms with Crippen LogP contribution < -0.4 is 5.73 Å². The summed E-state index contributed by atoms with van der Waals surface area (Å²) in [5, 5.41) is 8.28. The molecule has 0 heterocycles. The van der Waals surface area contributed by atoms with Gasteiger partial charge in [-0.15, -0.1) is 11.6 Å². The third-order valence-electron chi connectivity index (χ3n) is 0.963. The van der Waals surface area contributed by atoms with Crippen LogP contribution in [0.2, 0.25) is 5.02 Å². The standard InChI is InChI=1S/C6H6ClN.C2H3ClO2/c7-5-2-1-3-6(8)4-5;3-1-2(4)5/h1-4H,8H2;1H2,(H,4,5). The maximum absolute atomic E-state index is 9.24. The molecule has 0 aliphatic rings. The minimum atomic E-state index is -0.980. The second-order valence-corrected chi connectivity index (χ2v) is 2.79. The molecule has 3 nitrogen and oxygen atoms in total. The van der Waals surface area contributed by atoms with Crippen LogP contribution in [-0.4, -0.2) is 17.0 Å². The predicted molar refractivity (Wildman–Crippen MR) is 54.2 cm³/mol. The highest BCUT2D eigenvalue weighted by molar-refractivity contribution is 6.30. The highest BCUT2D eigenvalue weighted by Gasteiger charge is 1.84. The van der Waals surface area contributed by atoms with Gasteiger partial charge in [0, 0.05) is 10.7 Å². The first-order valence-corrected chi connectivity index (χ1v) is 4.26. The van der Waals surface area contributed by atoms with Crippen LogP contribution in [0.4, 0.5) is 5.69 Å². The van der Waals surface area contributed by atoms with Crippen LogP contribution in [0.15, 0.2) is 24.3 Å². The molecule has 0 saturated heterocycles. The van der Waals surface area contributed by atoms with Crippen molar-refractivity contribution in [2.75, 3.05) is 11.6 Å². The van der Waals surface area contributed by atoms with E-state index in [-0.39, 0.29) is 5.88 Å². The van der Waals surface area contributed by atoms with Gasteiger partial charge >= 0.3 is 5.97 Å². The fraction of sp³-hybridized carbons (Fsp3) is 0.125. The number of nitrogens with two attached hydrogens (primary N) is 1. The van der Waals surface area contributed by atoms with E-state index in [2.05, 4.69) is 0 Å². The van der Waals surface area contributed by atoms with Gasteiger partial charge in [-0.2, -0.15) is 0 Å². The van der Waals surface area contributed by atoms with E-state index in [4.69, 9.17) is 34.0 Å². The SMILES string of the molecule is Nc1cccc(Cl)c1.O=C(O)CCl. The van der Waals surface area contributed by atoms with E-state index in [1.54, 1.807) is 18.2 Å². The molecule has 3 N–H and O–H groups in total. The van der Waals surface area contributed by atoms with E-state index in [0.29, 0.717) is 10.7 Å². The van der Waals surface area contributed by atoms with Gasteiger partial charge in [-0.1, -0.05) is 17.7 Å². The Morgan fingerprint density at radius 3 is 2.31 bits per heavy atom. The fourth-order valence-electron chi connectivity index (χ4n) is 0.507. The third-order valence-corrected chi connectivity index (χ3v) is 1.43. The van der Waals surface area contributed by atoms with Crippen molar-refractivity contribution in [2.45, 2.75) is 0 Å². The second-order valence-electron chi connectivity index (χ2n) is 2.08. The predicted octanol–water partition coefficient (Wildman–Crippen LogP) is 2.23. The first kappa shape index (κ1) is 12.1. The number of benzene rings is 1. The number of alkyl halides is 1. The average Bonchev–Trinajstić information content (AvgIpc) is 2.05. The van der Waals surface area contributed by atoms with Crippen LogP contribution in [-0.2, 0) is 4.79 Å². The zero-order valence-electron chi connectivity index (χ0n) is 6.71. The summed E-state index contributed by atoms with van der Waals surface area (Å²) < 4.78 is 0. The van der Waals surface area contributed by atoms with Crippen molar-refractivity contribution in [3.05, 3.63) is 29.3 Å². The molecule has 0 bridgehead atoms. The molecule has 0 amide bonds. The largest absolute Gasteiger partial charge is 0.480 e. The Labute approximate surface area is 86.1 Å². The van der Waals surface area contributed by atoms with Gasteiger partial charge in [0.1, 0.15) is 5.88 Å². The van der Waals surface area contributed by atoms with Crippen molar-refractivity contribution >= 4 is 34.9 Å². The second kappa shape index (κ2) is 6.57. The van der Waals surface area contributed by atoms with Gasteiger partial charge in [0.05, 0.1) is 0 Å². The highest BCUT2D eigenvalue weighted by atomic mass is 35.5. The Bertz CT molecular complexity index is 261. The lowest BCUT2D eigenvalue weighted by atomic mass is 10.3. The lowest BCUT2D eigenvalue weighted by Crippen LogP contribution is -1.92. The van der Waals surface area contributed by atoms with E-state index in [1.165, 1.54) is 0 Å². The number of carbonyl (C=O) groups is 1. The maximum atomic E-state index is 9.24. The molecule has 0 saturated carbocycles. The van der Waals surface area contributed by atoms with E-state index in [9.17, 15) is 4.79 Å². The Kier molecular flexibility index (Phi) is 6.10. The van der Waals surface area contributed by atoms with Crippen LogP contribution in [0.3, 0.4) is 0 Å². The van der Waals surface area contributed by atoms with Crippen molar-refractivity contribution < 1.29 is 9.90 Å². The van der Waals surface area contributed by atoms with Crippen molar-refractivity contribution in [1.82, 2.24) is 0 Å². The molecular formula is C8H9Cl2NO2. The summed E-state index contributed by atoms with van der Waals surface area (Å²) in [7, 11) is 0. The summed E-state index contributed by atoms with van der Waals surface area (Å²) in [6.45, 7) is 0. The van der Waals surface area contributed by atoms with Crippen molar-refractivity contribution in [3.63, 3.8) is 0 Å². The molecular weight excluding hydrogens is 213 g/mol. The molecule has 13 heavy (non-hydrogen) atoms.